The van der Waals surface area contributed by atoms with E-state index in [1.165, 1.54) is 21.3 Å². The van der Waals surface area contributed by atoms with E-state index in [0.29, 0.717) is 12.4 Å². The summed E-state index contributed by atoms with van der Waals surface area (Å²) in [7, 11) is 4.38. The van der Waals surface area contributed by atoms with Crippen LogP contribution in [-0.2, 0) is 18.9 Å². The molecule has 3 atom stereocenters. The van der Waals surface area contributed by atoms with Crippen LogP contribution in [0.4, 0.5) is 0 Å². The summed E-state index contributed by atoms with van der Waals surface area (Å²) in [5.74, 6) is -2.97. The van der Waals surface area contributed by atoms with Crippen LogP contribution in [0.5, 0.6) is 0 Å². The van der Waals surface area contributed by atoms with Crippen molar-refractivity contribution in [3.63, 3.8) is 0 Å². The van der Waals surface area contributed by atoms with Crippen molar-refractivity contribution in [2.24, 2.45) is 0 Å². The maximum absolute atomic E-state index is 11.1. The van der Waals surface area contributed by atoms with Crippen molar-refractivity contribution in [1.29, 1.82) is 0 Å². The molecule has 2 rings (SSSR count). The van der Waals surface area contributed by atoms with Crippen LogP contribution in [-0.4, -0.2) is 44.6 Å². The number of ether oxygens (including phenoxy) is 4. The highest BCUT2D eigenvalue weighted by molar-refractivity contribution is 5.42. The Balaban J connectivity index is 2.53. The number of rotatable bonds is 7. The molecule has 0 aromatic heterocycles. The van der Waals surface area contributed by atoms with Crippen LogP contribution in [0, 0.1) is 0 Å². The van der Waals surface area contributed by atoms with E-state index < -0.39 is 11.6 Å². The van der Waals surface area contributed by atoms with E-state index >= 15 is 0 Å². The summed E-state index contributed by atoms with van der Waals surface area (Å²) in [6, 6.07) is 10.0. The first-order valence-corrected chi connectivity index (χ1v) is 7.98. The molecule has 0 aliphatic heterocycles. The van der Waals surface area contributed by atoms with Crippen LogP contribution in [0.3, 0.4) is 0 Å². The Morgan fingerprint density at radius 2 is 1.75 bits per heavy atom. The quantitative estimate of drug-likeness (QED) is 0.777. The average Bonchev–Trinajstić information content (AvgIpc) is 2.63. The van der Waals surface area contributed by atoms with Crippen LogP contribution < -0.4 is 0 Å². The predicted molar refractivity (Wildman–Crippen MR) is 91.4 cm³/mol. The fraction of sp³-hybridized carbons (Fsp3) is 0.474. The van der Waals surface area contributed by atoms with E-state index in [0.717, 1.165) is 11.1 Å². The first-order chi connectivity index (χ1) is 11.5. The lowest BCUT2D eigenvalue weighted by Gasteiger charge is -2.45. The van der Waals surface area contributed by atoms with Crippen molar-refractivity contribution in [1.82, 2.24) is 0 Å². The van der Waals surface area contributed by atoms with Gasteiger partial charge in [-0.2, -0.15) is 0 Å². The van der Waals surface area contributed by atoms with Crippen LogP contribution >= 0.6 is 0 Å². The van der Waals surface area contributed by atoms with Gasteiger partial charge in [-0.1, -0.05) is 37.3 Å². The topological polar surface area (TPSA) is 57.2 Å². The molecule has 0 saturated heterocycles. The van der Waals surface area contributed by atoms with E-state index in [1.807, 2.05) is 43.3 Å². The number of allylic oxidation sites excluding steroid dienone is 2. The number of benzene rings is 1. The summed E-state index contributed by atoms with van der Waals surface area (Å²) in [4.78, 5) is 0. The van der Waals surface area contributed by atoms with Crippen LogP contribution in [0.2, 0.25) is 0 Å². The van der Waals surface area contributed by atoms with Crippen molar-refractivity contribution in [3.05, 3.63) is 59.4 Å². The molecular weight excluding hydrogens is 308 g/mol. The van der Waals surface area contributed by atoms with E-state index in [1.54, 1.807) is 6.08 Å². The Morgan fingerprint density at radius 1 is 1.08 bits per heavy atom. The number of hydrogen-bond donors (Lipinski definition) is 1. The molecule has 3 unspecified atom stereocenters. The van der Waals surface area contributed by atoms with E-state index in [4.69, 9.17) is 18.9 Å². The second-order valence-electron chi connectivity index (χ2n) is 5.64. The number of methoxy groups -OCH3 is 3. The molecule has 0 radical (unpaired) electrons. The first kappa shape index (κ1) is 18.7. The predicted octanol–water partition coefficient (Wildman–Crippen LogP) is 2.97. The minimum Gasteiger partial charge on any atom is -0.495 e. The summed E-state index contributed by atoms with van der Waals surface area (Å²) < 4.78 is 22.1. The zero-order chi connectivity index (χ0) is 17.8. The highest BCUT2D eigenvalue weighted by atomic mass is 16.8. The largest absolute Gasteiger partial charge is 0.495 e. The van der Waals surface area contributed by atoms with Gasteiger partial charge in [0.25, 0.3) is 5.79 Å². The minimum absolute atomic E-state index is 0.0366. The van der Waals surface area contributed by atoms with Gasteiger partial charge in [0, 0.05) is 26.7 Å². The van der Waals surface area contributed by atoms with Gasteiger partial charge in [-0.05, 0) is 30.2 Å². The maximum Gasteiger partial charge on any atom is 0.287 e. The Bertz CT molecular complexity index is 609. The van der Waals surface area contributed by atoms with Crippen molar-refractivity contribution in [3.8, 4) is 0 Å². The average molecular weight is 334 g/mol. The standard InChI is InChI=1S/C19H26O5/c1-6-24-19(23-5)17(21-3)12-16(13-18(19,20)22-4)14(2)15-10-8-7-9-11-15/h7-14,20H,6H2,1-5H3. The molecule has 132 valence electrons. The van der Waals surface area contributed by atoms with Crippen molar-refractivity contribution in [2.45, 2.75) is 31.3 Å². The summed E-state index contributed by atoms with van der Waals surface area (Å²) in [5, 5.41) is 11.1. The Hall–Kier alpha value is -1.66. The molecule has 0 bridgehead atoms. The molecule has 0 heterocycles. The molecular formula is C19H26O5. The van der Waals surface area contributed by atoms with E-state index in [2.05, 4.69) is 6.92 Å². The molecule has 24 heavy (non-hydrogen) atoms. The maximum atomic E-state index is 11.1. The molecule has 0 spiro atoms. The highest BCUT2D eigenvalue weighted by Crippen LogP contribution is 2.43. The van der Waals surface area contributed by atoms with Gasteiger partial charge in [-0.15, -0.1) is 0 Å². The molecule has 1 aliphatic rings. The molecule has 0 amide bonds. The molecule has 0 fully saturated rings. The summed E-state index contributed by atoms with van der Waals surface area (Å²) in [6.07, 6.45) is 3.47. The van der Waals surface area contributed by atoms with Crippen LogP contribution in [0.1, 0.15) is 25.3 Å². The third-order valence-corrected chi connectivity index (χ3v) is 4.42. The first-order valence-electron chi connectivity index (χ1n) is 7.98. The zero-order valence-electron chi connectivity index (χ0n) is 14.9. The van der Waals surface area contributed by atoms with Crippen molar-refractivity contribution >= 4 is 0 Å². The number of aliphatic hydroxyl groups is 1. The van der Waals surface area contributed by atoms with Crippen LogP contribution in [0.15, 0.2) is 53.8 Å². The monoisotopic (exact) mass is 334 g/mol. The fourth-order valence-corrected chi connectivity index (χ4v) is 3.04. The lowest BCUT2D eigenvalue weighted by Crippen LogP contribution is -2.60. The van der Waals surface area contributed by atoms with Gasteiger partial charge in [0.05, 0.1) is 7.11 Å². The van der Waals surface area contributed by atoms with Gasteiger partial charge in [-0.25, -0.2) is 0 Å². The van der Waals surface area contributed by atoms with E-state index in [9.17, 15) is 5.11 Å². The van der Waals surface area contributed by atoms with Crippen LogP contribution in [0.25, 0.3) is 0 Å². The molecule has 1 aromatic rings. The van der Waals surface area contributed by atoms with Crippen molar-refractivity contribution in [2.75, 3.05) is 27.9 Å². The molecule has 1 aromatic carbocycles. The van der Waals surface area contributed by atoms with Gasteiger partial charge in [0.15, 0.2) is 5.76 Å². The smallest absolute Gasteiger partial charge is 0.287 e. The minimum atomic E-state index is -1.81. The van der Waals surface area contributed by atoms with Crippen molar-refractivity contribution < 1.29 is 24.1 Å². The molecule has 1 aliphatic carbocycles. The Kier molecular flexibility index (Phi) is 5.83. The van der Waals surface area contributed by atoms with Gasteiger partial charge in [-0.3, -0.25) is 0 Å². The summed E-state index contributed by atoms with van der Waals surface area (Å²) >= 11 is 0. The Labute approximate surface area is 143 Å². The number of hydrogen-bond acceptors (Lipinski definition) is 5. The van der Waals surface area contributed by atoms with Gasteiger partial charge in [0.2, 0.25) is 5.79 Å². The molecule has 5 heteroatoms. The third kappa shape index (κ3) is 3.00. The lowest BCUT2D eigenvalue weighted by molar-refractivity contribution is -0.359. The second-order valence-corrected chi connectivity index (χ2v) is 5.64. The van der Waals surface area contributed by atoms with E-state index in [-0.39, 0.29) is 5.92 Å². The SMILES string of the molecule is CCOC1(OC)C(OC)=CC(C(C)c2ccccc2)=CC1(O)OC. The second kappa shape index (κ2) is 7.49. The fourth-order valence-electron chi connectivity index (χ4n) is 3.04. The third-order valence-electron chi connectivity index (χ3n) is 4.42. The zero-order valence-corrected chi connectivity index (χ0v) is 14.9. The molecule has 1 N–H and O–H groups in total. The van der Waals surface area contributed by atoms with Gasteiger partial charge >= 0.3 is 0 Å². The van der Waals surface area contributed by atoms with Gasteiger partial charge < -0.3 is 24.1 Å². The highest BCUT2D eigenvalue weighted by Gasteiger charge is 2.58. The molecule has 0 saturated carbocycles. The molecule has 5 nitrogen and oxygen atoms in total. The van der Waals surface area contributed by atoms with Gasteiger partial charge in [0.1, 0.15) is 0 Å². The lowest BCUT2D eigenvalue weighted by atomic mass is 9.84. The summed E-state index contributed by atoms with van der Waals surface area (Å²) in [6.45, 7) is 4.19. The normalized spacial score (nSPS) is 28.1. The Morgan fingerprint density at radius 3 is 2.25 bits per heavy atom. The summed E-state index contributed by atoms with van der Waals surface area (Å²) in [5.41, 5.74) is 1.98.